The van der Waals surface area contributed by atoms with Crippen LogP contribution in [0.25, 0.3) is 0 Å². The number of carbonyl (C=O) groups is 1. The van der Waals surface area contributed by atoms with Crippen LogP contribution in [-0.4, -0.2) is 38.3 Å². The van der Waals surface area contributed by atoms with Crippen molar-refractivity contribution in [2.45, 2.75) is 45.2 Å². The third-order valence-electron chi connectivity index (χ3n) is 3.11. The smallest absolute Gasteiger partial charge is 0.252 e. The maximum atomic E-state index is 12.9. The molecule has 0 saturated carbocycles. The zero-order valence-electron chi connectivity index (χ0n) is 14.6. The highest BCUT2D eigenvalue weighted by atomic mass is 32.2. The average molecular weight is 361 g/mol. The predicted octanol–water partition coefficient (Wildman–Crippen LogP) is 2.73. The van der Waals surface area contributed by atoms with Crippen LogP contribution >= 0.6 is 11.3 Å². The molecule has 0 aliphatic rings. The van der Waals surface area contributed by atoms with Crippen LogP contribution in [0.5, 0.6) is 0 Å². The summed E-state index contributed by atoms with van der Waals surface area (Å²) in [6.45, 7) is 11.1. The first-order valence-corrected chi connectivity index (χ1v) is 10.2. The predicted molar refractivity (Wildman–Crippen MR) is 95.1 cm³/mol. The van der Waals surface area contributed by atoms with Gasteiger partial charge in [-0.3, -0.25) is 4.79 Å². The number of rotatable bonds is 9. The van der Waals surface area contributed by atoms with Crippen molar-refractivity contribution in [2.75, 3.05) is 19.6 Å². The summed E-state index contributed by atoms with van der Waals surface area (Å²) in [5.74, 6) is 0.486. The van der Waals surface area contributed by atoms with E-state index in [1.54, 1.807) is 10.4 Å². The van der Waals surface area contributed by atoms with Crippen molar-refractivity contribution >= 4 is 27.3 Å². The van der Waals surface area contributed by atoms with E-state index in [2.05, 4.69) is 5.32 Å². The van der Waals surface area contributed by atoms with E-state index >= 15 is 0 Å². The quantitative estimate of drug-likeness (QED) is 0.736. The number of thiophene rings is 1. The fourth-order valence-corrected chi connectivity index (χ4v) is 5.48. The van der Waals surface area contributed by atoms with Crippen molar-refractivity contribution in [3.63, 3.8) is 0 Å². The molecule has 5 nitrogen and oxygen atoms in total. The minimum atomic E-state index is -3.45. The third kappa shape index (κ3) is 6.61. The number of nitrogens with one attached hydrogen (secondary N) is 1. The Balaban J connectivity index is 2.88. The highest BCUT2D eigenvalue weighted by Gasteiger charge is 2.27. The van der Waals surface area contributed by atoms with Gasteiger partial charge in [-0.2, -0.15) is 4.31 Å². The van der Waals surface area contributed by atoms with Gasteiger partial charge in [0.15, 0.2) is 0 Å². The second-order valence-electron chi connectivity index (χ2n) is 6.56. The Kier molecular flexibility index (Phi) is 7.70. The molecule has 0 aliphatic heterocycles. The van der Waals surface area contributed by atoms with Gasteiger partial charge >= 0.3 is 0 Å². The van der Waals surface area contributed by atoms with Gasteiger partial charge < -0.3 is 5.32 Å². The Morgan fingerprint density at radius 3 is 2.22 bits per heavy atom. The van der Waals surface area contributed by atoms with Crippen LogP contribution in [0.2, 0.25) is 0 Å². The second kappa shape index (κ2) is 8.80. The monoisotopic (exact) mass is 360 g/mol. The fraction of sp³-hybridized carbons (Fsp3) is 0.688. The lowest BCUT2D eigenvalue weighted by Gasteiger charge is -2.24. The molecule has 0 radical (unpaired) electrons. The summed E-state index contributed by atoms with van der Waals surface area (Å²) in [5, 5.41) is 2.72. The number of carbonyl (C=O) groups excluding carboxylic acids is 1. The van der Waals surface area contributed by atoms with Crippen molar-refractivity contribution in [2.24, 2.45) is 11.8 Å². The topological polar surface area (TPSA) is 66.5 Å². The number of hydrogen-bond donors (Lipinski definition) is 1. The van der Waals surface area contributed by atoms with Crippen LogP contribution in [0.1, 0.15) is 39.5 Å². The van der Waals surface area contributed by atoms with Crippen molar-refractivity contribution < 1.29 is 13.2 Å². The van der Waals surface area contributed by atoms with E-state index in [1.165, 1.54) is 18.3 Å². The van der Waals surface area contributed by atoms with Crippen LogP contribution in [0.4, 0.5) is 0 Å². The van der Waals surface area contributed by atoms with Crippen molar-refractivity contribution in [1.82, 2.24) is 9.62 Å². The Morgan fingerprint density at radius 1 is 1.17 bits per heavy atom. The number of sulfonamides is 1. The van der Waals surface area contributed by atoms with Crippen LogP contribution in [0.3, 0.4) is 0 Å². The summed E-state index contributed by atoms with van der Waals surface area (Å²) in [4.78, 5) is 11.8. The zero-order chi connectivity index (χ0) is 17.6. The van der Waals surface area contributed by atoms with Crippen molar-refractivity contribution in [3.05, 3.63) is 17.0 Å². The van der Waals surface area contributed by atoms with Crippen molar-refractivity contribution in [1.29, 1.82) is 0 Å². The normalized spacial score (nSPS) is 12.3. The molecule has 1 amide bonds. The second-order valence-corrected chi connectivity index (χ2v) is 9.90. The molecular weight excluding hydrogens is 332 g/mol. The molecule has 0 spiro atoms. The van der Waals surface area contributed by atoms with Crippen LogP contribution in [0.15, 0.2) is 16.3 Å². The van der Waals surface area contributed by atoms with E-state index in [-0.39, 0.29) is 17.7 Å². The summed E-state index contributed by atoms with van der Waals surface area (Å²) in [5.41, 5.74) is 0. The third-order valence-corrected chi connectivity index (χ3v) is 6.56. The van der Waals surface area contributed by atoms with E-state index in [9.17, 15) is 13.2 Å². The molecule has 0 aliphatic carbocycles. The van der Waals surface area contributed by atoms with Crippen LogP contribution in [-0.2, 0) is 21.2 Å². The van der Waals surface area contributed by atoms with Gasteiger partial charge in [0.2, 0.25) is 5.91 Å². The van der Waals surface area contributed by atoms with E-state index < -0.39 is 10.0 Å². The van der Waals surface area contributed by atoms with Gasteiger partial charge in [-0.05, 0) is 30.4 Å². The van der Waals surface area contributed by atoms with Crippen LogP contribution < -0.4 is 5.32 Å². The zero-order valence-corrected chi connectivity index (χ0v) is 16.3. The average Bonchev–Trinajstić information content (AvgIpc) is 2.86. The van der Waals surface area contributed by atoms with Gasteiger partial charge in [0, 0.05) is 31.4 Å². The van der Waals surface area contributed by atoms with E-state index in [0.717, 1.165) is 4.88 Å². The van der Waals surface area contributed by atoms with Gasteiger partial charge in [0.25, 0.3) is 10.0 Å². The number of amides is 1. The maximum absolute atomic E-state index is 12.9. The Morgan fingerprint density at radius 2 is 1.74 bits per heavy atom. The fourth-order valence-electron chi connectivity index (χ4n) is 2.21. The highest BCUT2D eigenvalue weighted by Crippen LogP contribution is 2.26. The molecule has 0 aromatic carbocycles. The summed E-state index contributed by atoms with van der Waals surface area (Å²) < 4.78 is 27.7. The molecule has 1 N–H and O–H groups in total. The van der Waals surface area contributed by atoms with Gasteiger partial charge in [-0.25, -0.2) is 8.42 Å². The molecule has 1 rings (SSSR count). The molecule has 0 unspecified atom stereocenters. The Hall–Kier alpha value is -0.920. The maximum Gasteiger partial charge on any atom is 0.252 e. The Labute approximate surface area is 144 Å². The van der Waals surface area contributed by atoms with Gasteiger partial charge in [0.1, 0.15) is 4.21 Å². The minimum Gasteiger partial charge on any atom is -0.356 e. The van der Waals surface area contributed by atoms with E-state index in [1.807, 2.05) is 33.8 Å². The highest BCUT2D eigenvalue weighted by molar-refractivity contribution is 7.91. The first-order chi connectivity index (χ1) is 10.6. The number of hydrogen-bond acceptors (Lipinski definition) is 4. The minimum absolute atomic E-state index is 0.0746. The molecule has 132 valence electrons. The summed E-state index contributed by atoms with van der Waals surface area (Å²) in [6, 6.07) is 3.51. The lowest BCUT2D eigenvalue weighted by atomic mass is 10.2. The van der Waals surface area contributed by atoms with Crippen LogP contribution in [0, 0.1) is 11.8 Å². The Bertz CT molecular complexity index is 597. The summed E-state index contributed by atoms with van der Waals surface area (Å²) in [7, 11) is -3.45. The van der Waals surface area contributed by atoms with Gasteiger partial charge in [-0.1, -0.05) is 27.7 Å². The molecular formula is C16H28N2O3S2. The molecule has 0 atom stereocenters. The largest absolute Gasteiger partial charge is 0.356 e. The van der Waals surface area contributed by atoms with Crippen molar-refractivity contribution in [3.8, 4) is 0 Å². The SMILES string of the molecule is CC(=O)NCCc1ccc(S(=O)(=O)N(CC(C)C)CC(C)C)s1. The molecule has 0 bridgehead atoms. The summed E-state index contributed by atoms with van der Waals surface area (Å²) >= 11 is 1.29. The number of nitrogens with zero attached hydrogens (tertiary/aromatic N) is 1. The van der Waals surface area contributed by atoms with E-state index in [4.69, 9.17) is 0 Å². The lowest BCUT2D eigenvalue weighted by Crippen LogP contribution is -2.36. The summed E-state index contributed by atoms with van der Waals surface area (Å²) in [6.07, 6.45) is 0.647. The standard InChI is InChI=1S/C16H28N2O3S2/c1-12(2)10-18(11-13(3)4)23(20,21)16-7-6-15(22-16)8-9-17-14(5)19/h6-7,12-13H,8-11H2,1-5H3,(H,17,19). The van der Waals surface area contributed by atoms with Gasteiger partial charge in [-0.15, -0.1) is 11.3 Å². The molecule has 0 fully saturated rings. The molecule has 1 heterocycles. The molecule has 0 saturated heterocycles. The molecule has 1 aromatic rings. The van der Waals surface area contributed by atoms with E-state index in [0.29, 0.717) is 30.3 Å². The van der Waals surface area contributed by atoms with Gasteiger partial charge in [0.05, 0.1) is 0 Å². The molecule has 7 heteroatoms. The molecule has 23 heavy (non-hydrogen) atoms. The lowest BCUT2D eigenvalue weighted by molar-refractivity contribution is -0.118. The first-order valence-electron chi connectivity index (χ1n) is 7.96. The molecule has 1 aromatic heterocycles. The first kappa shape index (κ1) is 20.1.